The lowest BCUT2D eigenvalue weighted by Gasteiger charge is -2.14. The van der Waals surface area contributed by atoms with Gasteiger partial charge in [-0.25, -0.2) is 18.1 Å². The van der Waals surface area contributed by atoms with E-state index in [2.05, 4.69) is 31.8 Å². The third-order valence-corrected chi connectivity index (χ3v) is 6.59. The van der Waals surface area contributed by atoms with Gasteiger partial charge in [0.2, 0.25) is 10.0 Å². The summed E-state index contributed by atoms with van der Waals surface area (Å²) < 4.78 is 41.1. The molecule has 0 bridgehead atoms. The maximum atomic E-state index is 12.3. The van der Waals surface area contributed by atoms with Crippen LogP contribution in [0.1, 0.15) is 37.9 Å². The molecule has 3 heterocycles. The summed E-state index contributed by atoms with van der Waals surface area (Å²) >= 11 is 0. The number of hydrogen-bond donors (Lipinski definition) is 2. The second-order valence-electron chi connectivity index (χ2n) is 6.95. The van der Waals surface area contributed by atoms with Gasteiger partial charge in [-0.05, 0) is 31.2 Å². The van der Waals surface area contributed by atoms with Crippen molar-refractivity contribution >= 4 is 26.8 Å². The first-order chi connectivity index (χ1) is 12.5. The molecule has 0 radical (unpaired) electrons. The van der Waals surface area contributed by atoms with E-state index < -0.39 is 16.7 Å². The van der Waals surface area contributed by atoms with Crippen LogP contribution in [0, 0.1) is 5.92 Å². The van der Waals surface area contributed by atoms with Crippen LogP contribution in [0.5, 0.6) is 0 Å². The number of nitrogens with zero attached hydrogens (tertiary/aromatic N) is 4. The minimum absolute atomic E-state index is 0.0221. The number of rotatable bonds is 6. The molecular weight excluding hydrogens is 359 g/mol. The van der Waals surface area contributed by atoms with E-state index in [0.29, 0.717) is 12.1 Å². The van der Waals surface area contributed by atoms with E-state index in [-0.39, 0.29) is 30.1 Å². The van der Waals surface area contributed by atoms with Crippen LogP contribution >= 0.6 is 0 Å². The number of halogens is 1. The smallest absolute Gasteiger partial charge is 0.211 e. The molecule has 0 aliphatic heterocycles. The van der Waals surface area contributed by atoms with Gasteiger partial charge in [-0.15, -0.1) is 10.2 Å². The molecule has 1 aliphatic rings. The van der Waals surface area contributed by atoms with Gasteiger partial charge in [0.25, 0.3) is 0 Å². The fourth-order valence-electron chi connectivity index (χ4n) is 3.90. The molecule has 10 heteroatoms. The zero-order chi connectivity index (χ0) is 18.3. The standard InChI is InChI=1S/C16H21FN6O2S/c1-10-7-11(22-26(24,25)6-2-4-17)8-12(10)16-21-20-14-9-19-15-13(23(14)16)3-5-18-15/h3,5,9-12,18,22H,2,4,6-8H2,1H3. The Morgan fingerprint density at radius 3 is 3.04 bits per heavy atom. The lowest BCUT2D eigenvalue weighted by Crippen LogP contribution is -2.35. The summed E-state index contributed by atoms with van der Waals surface area (Å²) in [6.45, 7) is 1.47. The molecule has 26 heavy (non-hydrogen) atoms. The number of H-pyrrole nitrogens is 1. The summed E-state index contributed by atoms with van der Waals surface area (Å²) in [5.41, 5.74) is 2.33. The average Bonchev–Trinajstić information content (AvgIpc) is 3.29. The molecule has 1 fully saturated rings. The van der Waals surface area contributed by atoms with Crippen LogP contribution in [-0.2, 0) is 10.0 Å². The highest BCUT2D eigenvalue weighted by Crippen LogP contribution is 2.39. The van der Waals surface area contributed by atoms with Gasteiger partial charge in [0.05, 0.1) is 24.1 Å². The Morgan fingerprint density at radius 1 is 1.38 bits per heavy atom. The number of hydrogen-bond acceptors (Lipinski definition) is 5. The Balaban J connectivity index is 1.61. The zero-order valence-corrected chi connectivity index (χ0v) is 15.2. The minimum atomic E-state index is -3.46. The fraction of sp³-hybridized carbons (Fsp3) is 0.562. The predicted molar refractivity (Wildman–Crippen MR) is 95.1 cm³/mol. The molecule has 0 saturated heterocycles. The molecule has 1 aliphatic carbocycles. The first-order valence-electron chi connectivity index (χ1n) is 8.71. The molecule has 140 valence electrons. The molecule has 0 amide bonds. The second-order valence-corrected chi connectivity index (χ2v) is 8.83. The van der Waals surface area contributed by atoms with Crippen molar-refractivity contribution in [1.29, 1.82) is 0 Å². The van der Waals surface area contributed by atoms with Crippen molar-refractivity contribution in [3.63, 3.8) is 0 Å². The van der Waals surface area contributed by atoms with Crippen molar-refractivity contribution in [2.45, 2.75) is 38.1 Å². The van der Waals surface area contributed by atoms with Gasteiger partial charge in [-0.1, -0.05) is 6.92 Å². The molecule has 1 saturated carbocycles. The van der Waals surface area contributed by atoms with Crippen LogP contribution in [-0.4, -0.2) is 51.5 Å². The number of sulfonamides is 1. The quantitative estimate of drug-likeness (QED) is 0.678. The largest absolute Gasteiger partial charge is 0.345 e. The zero-order valence-electron chi connectivity index (χ0n) is 14.4. The highest BCUT2D eigenvalue weighted by atomic mass is 32.2. The molecule has 3 aromatic rings. The fourth-order valence-corrected chi connectivity index (χ4v) is 5.21. The van der Waals surface area contributed by atoms with E-state index in [9.17, 15) is 12.8 Å². The Kier molecular flexibility index (Phi) is 4.39. The van der Waals surface area contributed by atoms with Gasteiger partial charge in [0.15, 0.2) is 11.3 Å². The van der Waals surface area contributed by atoms with Crippen molar-refractivity contribution in [1.82, 2.24) is 29.3 Å². The van der Waals surface area contributed by atoms with Gasteiger partial charge in [0.1, 0.15) is 5.82 Å². The summed E-state index contributed by atoms with van der Waals surface area (Å²) in [6.07, 6.45) is 4.88. The van der Waals surface area contributed by atoms with Crippen LogP contribution < -0.4 is 4.72 Å². The predicted octanol–water partition coefficient (Wildman–Crippen LogP) is 1.77. The number of aromatic amines is 1. The third-order valence-electron chi connectivity index (χ3n) is 5.07. The topological polar surface area (TPSA) is 105 Å². The van der Waals surface area contributed by atoms with Crippen LogP contribution in [0.15, 0.2) is 18.5 Å². The monoisotopic (exact) mass is 380 g/mol. The molecule has 3 unspecified atom stereocenters. The van der Waals surface area contributed by atoms with E-state index in [1.54, 1.807) is 6.20 Å². The second kappa shape index (κ2) is 6.58. The Hall–Kier alpha value is -2.07. The van der Waals surface area contributed by atoms with E-state index in [1.165, 1.54) is 0 Å². The van der Waals surface area contributed by atoms with Crippen molar-refractivity contribution < 1.29 is 12.8 Å². The van der Waals surface area contributed by atoms with Crippen molar-refractivity contribution in [3.05, 3.63) is 24.3 Å². The van der Waals surface area contributed by atoms with Crippen LogP contribution in [0.4, 0.5) is 4.39 Å². The van der Waals surface area contributed by atoms with Gasteiger partial charge >= 0.3 is 0 Å². The van der Waals surface area contributed by atoms with Crippen LogP contribution in [0.3, 0.4) is 0 Å². The molecule has 0 aromatic carbocycles. The maximum absolute atomic E-state index is 12.3. The number of aromatic nitrogens is 5. The van der Waals surface area contributed by atoms with Crippen molar-refractivity contribution in [2.75, 3.05) is 12.4 Å². The number of nitrogens with one attached hydrogen (secondary N) is 2. The Morgan fingerprint density at radius 2 is 2.23 bits per heavy atom. The van der Waals surface area contributed by atoms with Gasteiger partial charge in [-0.3, -0.25) is 8.79 Å². The molecule has 2 N–H and O–H groups in total. The molecule has 8 nitrogen and oxygen atoms in total. The molecular formula is C16H21FN6O2S. The Labute approximate surface area is 150 Å². The van der Waals surface area contributed by atoms with E-state index in [0.717, 1.165) is 23.4 Å². The number of fused-ring (bicyclic) bond motifs is 3. The van der Waals surface area contributed by atoms with Crippen LogP contribution in [0.2, 0.25) is 0 Å². The van der Waals surface area contributed by atoms with Crippen LogP contribution in [0.25, 0.3) is 16.8 Å². The first kappa shape index (κ1) is 17.3. The molecule has 0 spiro atoms. The lowest BCUT2D eigenvalue weighted by atomic mass is 9.97. The number of alkyl halides is 1. The summed E-state index contributed by atoms with van der Waals surface area (Å²) in [7, 11) is -3.46. The maximum Gasteiger partial charge on any atom is 0.211 e. The SMILES string of the molecule is CC1CC(NS(=O)(=O)CCCF)CC1c1nnc2cnc3[nH]ccc3n12. The summed E-state index contributed by atoms with van der Waals surface area (Å²) in [4.78, 5) is 7.40. The van der Waals surface area contributed by atoms with Gasteiger partial charge < -0.3 is 4.98 Å². The Bertz CT molecular complexity index is 1030. The average molecular weight is 380 g/mol. The highest BCUT2D eigenvalue weighted by molar-refractivity contribution is 7.89. The van der Waals surface area contributed by atoms with Gasteiger partial charge in [0, 0.05) is 18.2 Å². The van der Waals surface area contributed by atoms with E-state index >= 15 is 0 Å². The van der Waals surface area contributed by atoms with E-state index in [1.807, 2.05) is 16.7 Å². The van der Waals surface area contributed by atoms with E-state index in [4.69, 9.17) is 0 Å². The molecule has 3 aromatic heterocycles. The molecule has 4 rings (SSSR count). The van der Waals surface area contributed by atoms with Gasteiger partial charge in [-0.2, -0.15) is 0 Å². The van der Waals surface area contributed by atoms with Crippen molar-refractivity contribution in [2.24, 2.45) is 5.92 Å². The third kappa shape index (κ3) is 3.07. The summed E-state index contributed by atoms with van der Waals surface area (Å²) in [5.74, 6) is 0.977. The molecule has 3 atom stereocenters. The minimum Gasteiger partial charge on any atom is -0.345 e. The summed E-state index contributed by atoms with van der Waals surface area (Å²) in [6, 6.07) is 1.76. The first-order valence-corrected chi connectivity index (χ1v) is 10.4. The normalized spacial score (nSPS) is 24.0. The lowest BCUT2D eigenvalue weighted by molar-refractivity contribution is 0.480. The van der Waals surface area contributed by atoms with Crippen molar-refractivity contribution in [3.8, 4) is 0 Å². The summed E-state index contributed by atoms with van der Waals surface area (Å²) in [5, 5.41) is 8.59. The highest BCUT2D eigenvalue weighted by Gasteiger charge is 2.37.